The Balaban J connectivity index is 1.81. The van der Waals surface area contributed by atoms with E-state index in [2.05, 4.69) is 22.3 Å². The smallest absolute Gasteiger partial charge is 0.0666 e. The van der Waals surface area contributed by atoms with E-state index in [1.807, 2.05) is 12.1 Å². The highest BCUT2D eigenvalue weighted by Gasteiger charge is 2.35. The summed E-state index contributed by atoms with van der Waals surface area (Å²) in [4.78, 5) is 2.51. The SMILES string of the molecule is OC1(CC(c2cccc(Cl)c2)N2CCNCC2)CCCCC1. The fourth-order valence-electron chi connectivity index (χ4n) is 3.94. The van der Waals surface area contributed by atoms with Gasteiger partial charge in [-0.3, -0.25) is 4.90 Å². The number of piperazine rings is 1. The van der Waals surface area contributed by atoms with Crippen LogP contribution in [0.1, 0.15) is 50.1 Å². The summed E-state index contributed by atoms with van der Waals surface area (Å²) in [5.41, 5.74) is 0.740. The predicted molar refractivity (Wildman–Crippen MR) is 91.3 cm³/mol. The van der Waals surface area contributed by atoms with Crippen molar-refractivity contribution in [3.05, 3.63) is 34.9 Å². The summed E-state index contributed by atoms with van der Waals surface area (Å²) in [6, 6.07) is 8.45. The van der Waals surface area contributed by atoms with Crippen molar-refractivity contribution in [1.29, 1.82) is 0 Å². The molecule has 22 heavy (non-hydrogen) atoms. The molecule has 1 unspecified atom stereocenters. The van der Waals surface area contributed by atoms with Crippen molar-refractivity contribution in [3.8, 4) is 0 Å². The molecule has 0 amide bonds. The highest BCUT2D eigenvalue weighted by atomic mass is 35.5. The molecular weight excluding hydrogens is 296 g/mol. The summed E-state index contributed by atoms with van der Waals surface area (Å²) >= 11 is 6.21. The number of nitrogens with zero attached hydrogens (tertiary/aromatic N) is 1. The van der Waals surface area contributed by atoms with Gasteiger partial charge in [0.05, 0.1) is 5.60 Å². The molecule has 1 aromatic rings. The molecule has 3 rings (SSSR count). The number of nitrogens with one attached hydrogen (secondary N) is 1. The van der Waals surface area contributed by atoms with Gasteiger partial charge in [0.15, 0.2) is 0 Å². The van der Waals surface area contributed by atoms with Crippen molar-refractivity contribution in [2.45, 2.75) is 50.2 Å². The normalized spacial score (nSPS) is 24.1. The molecule has 0 aromatic heterocycles. The molecule has 1 saturated carbocycles. The van der Waals surface area contributed by atoms with Crippen LogP contribution in [0.3, 0.4) is 0 Å². The van der Waals surface area contributed by atoms with Crippen molar-refractivity contribution in [2.24, 2.45) is 0 Å². The first kappa shape index (κ1) is 16.3. The lowest BCUT2D eigenvalue weighted by atomic mass is 9.79. The highest BCUT2D eigenvalue weighted by Crippen LogP contribution is 2.38. The van der Waals surface area contributed by atoms with Crippen LogP contribution < -0.4 is 5.32 Å². The lowest BCUT2D eigenvalue weighted by Crippen LogP contribution is -2.47. The van der Waals surface area contributed by atoms with E-state index in [1.165, 1.54) is 12.0 Å². The number of halogens is 1. The topological polar surface area (TPSA) is 35.5 Å². The lowest BCUT2D eigenvalue weighted by Gasteiger charge is -2.41. The van der Waals surface area contributed by atoms with Crippen LogP contribution in [-0.2, 0) is 0 Å². The van der Waals surface area contributed by atoms with Gasteiger partial charge in [-0.05, 0) is 37.0 Å². The average molecular weight is 323 g/mol. The number of benzene rings is 1. The quantitative estimate of drug-likeness (QED) is 0.892. The molecule has 1 atom stereocenters. The first-order valence-corrected chi connectivity index (χ1v) is 8.97. The third kappa shape index (κ3) is 4.02. The molecule has 2 aliphatic rings. The van der Waals surface area contributed by atoms with Crippen LogP contribution in [0.15, 0.2) is 24.3 Å². The van der Waals surface area contributed by atoms with E-state index in [0.29, 0.717) is 0 Å². The number of aliphatic hydroxyl groups is 1. The minimum absolute atomic E-state index is 0.267. The van der Waals surface area contributed by atoms with Crippen LogP contribution in [-0.4, -0.2) is 41.8 Å². The maximum absolute atomic E-state index is 11.0. The van der Waals surface area contributed by atoms with Gasteiger partial charge in [-0.15, -0.1) is 0 Å². The van der Waals surface area contributed by atoms with E-state index in [-0.39, 0.29) is 6.04 Å². The summed E-state index contributed by atoms with van der Waals surface area (Å²) in [5, 5.41) is 15.2. The third-order valence-electron chi connectivity index (χ3n) is 5.18. The average Bonchev–Trinajstić information content (AvgIpc) is 2.54. The van der Waals surface area contributed by atoms with E-state index >= 15 is 0 Å². The van der Waals surface area contributed by atoms with Gasteiger partial charge in [0.2, 0.25) is 0 Å². The largest absolute Gasteiger partial charge is 0.390 e. The maximum Gasteiger partial charge on any atom is 0.0666 e. The van der Waals surface area contributed by atoms with Crippen molar-refractivity contribution in [1.82, 2.24) is 10.2 Å². The molecule has 1 aromatic carbocycles. The van der Waals surface area contributed by atoms with Crippen LogP contribution in [0.25, 0.3) is 0 Å². The molecule has 3 nitrogen and oxygen atoms in total. The van der Waals surface area contributed by atoms with Gasteiger partial charge in [0.1, 0.15) is 0 Å². The fraction of sp³-hybridized carbons (Fsp3) is 0.667. The Morgan fingerprint density at radius 2 is 1.91 bits per heavy atom. The van der Waals surface area contributed by atoms with Crippen molar-refractivity contribution in [3.63, 3.8) is 0 Å². The zero-order valence-electron chi connectivity index (χ0n) is 13.2. The van der Waals surface area contributed by atoms with E-state index in [1.54, 1.807) is 0 Å². The molecule has 0 radical (unpaired) electrons. The highest BCUT2D eigenvalue weighted by molar-refractivity contribution is 6.30. The van der Waals surface area contributed by atoms with Gasteiger partial charge < -0.3 is 10.4 Å². The molecule has 1 aliphatic carbocycles. The Morgan fingerprint density at radius 3 is 2.59 bits per heavy atom. The second kappa shape index (κ2) is 7.31. The standard InChI is InChI=1S/C18H27ClN2O/c19-16-6-4-5-15(13-16)17(21-11-9-20-10-12-21)14-18(22)7-2-1-3-8-18/h4-6,13,17,20,22H,1-3,7-12,14H2. The first-order chi connectivity index (χ1) is 10.7. The zero-order valence-corrected chi connectivity index (χ0v) is 14.0. The maximum atomic E-state index is 11.0. The molecule has 2 fully saturated rings. The minimum atomic E-state index is -0.504. The van der Waals surface area contributed by atoms with Crippen LogP contribution in [0, 0.1) is 0 Å². The van der Waals surface area contributed by atoms with E-state index < -0.39 is 5.60 Å². The molecule has 0 spiro atoms. The van der Waals surface area contributed by atoms with Crippen LogP contribution in [0.5, 0.6) is 0 Å². The summed E-state index contributed by atoms with van der Waals surface area (Å²) in [7, 11) is 0. The van der Waals surface area contributed by atoms with Crippen LogP contribution in [0.2, 0.25) is 5.02 Å². The second-order valence-corrected chi connectivity index (χ2v) is 7.28. The van der Waals surface area contributed by atoms with Crippen molar-refractivity contribution in [2.75, 3.05) is 26.2 Å². The number of hydrogen-bond donors (Lipinski definition) is 2. The Kier molecular flexibility index (Phi) is 5.40. The van der Waals surface area contributed by atoms with Gasteiger partial charge in [0, 0.05) is 37.2 Å². The first-order valence-electron chi connectivity index (χ1n) is 8.59. The molecule has 4 heteroatoms. The Hall–Kier alpha value is -0.610. The lowest BCUT2D eigenvalue weighted by molar-refractivity contribution is -0.0296. The third-order valence-corrected chi connectivity index (χ3v) is 5.42. The molecule has 2 N–H and O–H groups in total. The van der Waals surface area contributed by atoms with E-state index in [0.717, 1.165) is 63.3 Å². The van der Waals surface area contributed by atoms with E-state index in [9.17, 15) is 5.11 Å². The summed E-state index contributed by atoms with van der Waals surface area (Å²) < 4.78 is 0. The summed E-state index contributed by atoms with van der Waals surface area (Å²) in [6.45, 7) is 4.12. The Labute approximate surface area is 138 Å². The minimum Gasteiger partial charge on any atom is -0.390 e. The van der Waals surface area contributed by atoms with Crippen molar-refractivity contribution >= 4 is 11.6 Å². The summed E-state index contributed by atoms with van der Waals surface area (Å²) in [6.07, 6.45) is 6.28. The second-order valence-electron chi connectivity index (χ2n) is 6.85. The monoisotopic (exact) mass is 322 g/mol. The molecular formula is C18H27ClN2O. The Bertz CT molecular complexity index is 482. The number of rotatable bonds is 4. The van der Waals surface area contributed by atoms with Crippen molar-refractivity contribution < 1.29 is 5.11 Å². The van der Waals surface area contributed by atoms with Gasteiger partial charge in [0.25, 0.3) is 0 Å². The molecule has 1 heterocycles. The van der Waals surface area contributed by atoms with Crippen LogP contribution in [0.4, 0.5) is 0 Å². The molecule has 0 bridgehead atoms. The van der Waals surface area contributed by atoms with Gasteiger partial charge in [-0.1, -0.05) is 43.0 Å². The Morgan fingerprint density at radius 1 is 1.18 bits per heavy atom. The number of hydrogen-bond acceptors (Lipinski definition) is 3. The van der Waals surface area contributed by atoms with Crippen LogP contribution >= 0.6 is 11.6 Å². The van der Waals surface area contributed by atoms with E-state index in [4.69, 9.17) is 11.6 Å². The molecule has 122 valence electrons. The van der Waals surface area contributed by atoms with Gasteiger partial charge in [-0.25, -0.2) is 0 Å². The fourth-order valence-corrected chi connectivity index (χ4v) is 4.14. The zero-order chi connectivity index (χ0) is 15.4. The van der Waals surface area contributed by atoms with Gasteiger partial charge in [-0.2, -0.15) is 0 Å². The molecule has 1 aliphatic heterocycles. The molecule has 1 saturated heterocycles. The van der Waals surface area contributed by atoms with Gasteiger partial charge >= 0.3 is 0 Å². The predicted octanol–water partition coefficient (Wildman–Crippen LogP) is 3.37. The summed E-state index contributed by atoms with van der Waals surface area (Å²) in [5.74, 6) is 0.